The van der Waals surface area contributed by atoms with Crippen LogP contribution >= 0.6 is 0 Å². The predicted octanol–water partition coefficient (Wildman–Crippen LogP) is 2.17. The van der Waals surface area contributed by atoms with Gasteiger partial charge >= 0.3 is 0 Å². The van der Waals surface area contributed by atoms with Gasteiger partial charge in [-0.2, -0.15) is 0 Å². The van der Waals surface area contributed by atoms with Crippen LogP contribution in [0.25, 0.3) is 0 Å². The summed E-state index contributed by atoms with van der Waals surface area (Å²) in [6.45, 7) is 4.67. The Morgan fingerprint density at radius 1 is 1.21 bits per heavy atom. The standard InChI is InChI=1S/C18H25N3O3/c1-3-5-17(23)20-15-8-10-21(11-9-15)18(24)14-6-4-7-16(12-14)19-13(2)22/h4,6-7,12,15H,3,5,8-11H2,1-2H3,(H,19,22)(H,20,23). The fraction of sp³-hybridized carbons (Fsp3) is 0.500. The number of hydrogen-bond acceptors (Lipinski definition) is 3. The molecule has 1 aromatic rings. The normalized spacial score (nSPS) is 15.0. The summed E-state index contributed by atoms with van der Waals surface area (Å²) in [6, 6.07) is 7.12. The number of benzene rings is 1. The Kier molecular flexibility index (Phi) is 6.35. The van der Waals surface area contributed by atoms with E-state index in [2.05, 4.69) is 10.6 Å². The van der Waals surface area contributed by atoms with Gasteiger partial charge in [0.2, 0.25) is 11.8 Å². The number of nitrogens with zero attached hydrogens (tertiary/aromatic N) is 1. The molecular weight excluding hydrogens is 306 g/mol. The molecule has 1 aliphatic heterocycles. The maximum absolute atomic E-state index is 12.6. The maximum Gasteiger partial charge on any atom is 0.253 e. The largest absolute Gasteiger partial charge is 0.353 e. The zero-order chi connectivity index (χ0) is 17.5. The fourth-order valence-corrected chi connectivity index (χ4v) is 2.87. The minimum atomic E-state index is -0.164. The highest BCUT2D eigenvalue weighted by Crippen LogP contribution is 2.17. The van der Waals surface area contributed by atoms with Crippen molar-refractivity contribution in [1.29, 1.82) is 0 Å². The van der Waals surface area contributed by atoms with Crippen LogP contribution in [0.2, 0.25) is 0 Å². The van der Waals surface area contributed by atoms with E-state index in [-0.39, 0.29) is 23.8 Å². The number of anilines is 1. The Balaban J connectivity index is 1.91. The second-order valence-electron chi connectivity index (χ2n) is 6.15. The monoisotopic (exact) mass is 331 g/mol. The number of rotatable bonds is 5. The zero-order valence-electron chi connectivity index (χ0n) is 14.3. The molecule has 0 bridgehead atoms. The third-order valence-electron chi connectivity index (χ3n) is 4.05. The van der Waals surface area contributed by atoms with Crippen LogP contribution in [-0.2, 0) is 9.59 Å². The molecule has 130 valence electrons. The molecular formula is C18H25N3O3. The number of hydrogen-bond donors (Lipinski definition) is 2. The molecule has 6 nitrogen and oxygen atoms in total. The Morgan fingerprint density at radius 3 is 2.54 bits per heavy atom. The van der Waals surface area contributed by atoms with E-state index in [1.54, 1.807) is 29.2 Å². The van der Waals surface area contributed by atoms with Gasteiger partial charge in [-0.15, -0.1) is 0 Å². The van der Waals surface area contributed by atoms with Gasteiger partial charge in [-0.1, -0.05) is 13.0 Å². The van der Waals surface area contributed by atoms with E-state index in [9.17, 15) is 14.4 Å². The molecule has 6 heteroatoms. The fourth-order valence-electron chi connectivity index (χ4n) is 2.87. The minimum Gasteiger partial charge on any atom is -0.353 e. The van der Waals surface area contributed by atoms with Crippen molar-refractivity contribution in [1.82, 2.24) is 10.2 Å². The lowest BCUT2D eigenvalue weighted by Crippen LogP contribution is -2.46. The number of nitrogens with one attached hydrogen (secondary N) is 2. The number of carbonyl (C=O) groups excluding carboxylic acids is 3. The number of piperidine rings is 1. The van der Waals surface area contributed by atoms with Gasteiger partial charge in [0.25, 0.3) is 5.91 Å². The van der Waals surface area contributed by atoms with E-state index in [1.807, 2.05) is 6.92 Å². The first-order valence-corrected chi connectivity index (χ1v) is 8.46. The zero-order valence-corrected chi connectivity index (χ0v) is 14.3. The lowest BCUT2D eigenvalue weighted by atomic mass is 10.0. The Morgan fingerprint density at radius 2 is 1.92 bits per heavy atom. The first-order chi connectivity index (χ1) is 11.5. The Labute approximate surface area is 142 Å². The van der Waals surface area contributed by atoms with Crippen molar-refractivity contribution < 1.29 is 14.4 Å². The third-order valence-corrected chi connectivity index (χ3v) is 4.05. The second-order valence-corrected chi connectivity index (χ2v) is 6.15. The third kappa shape index (κ3) is 5.08. The molecule has 0 radical (unpaired) electrons. The van der Waals surface area contributed by atoms with Crippen molar-refractivity contribution in [2.75, 3.05) is 18.4 Å². The molecule has 3 amide bonds. The van der Waals surface area contributed by atoms with Crippen LogP contribution in [-0.4, -0.2) is 41.8 Å². The average Bonchev–Trinajstić information content (AvgIpc) is 2.55. The molecule has 0 atom stereocenters. The van der Waals surface area contributed by atoms with Gasteiger partial charge < -0.3 is 15.5 Å². The highest BCUT2D eigenvalue weighted by atomic mass is 16.2. The molecule has 1 aromatic carbocycles. The molecule has 24 heavy (non-hydrogen) atoms. The van der Waals surface area contributed by atoms with Gasteiger partial charge in [0.15, 0.2) is 0 Å². The van der Waals surface area contributed by atoms with Crippen molar-refractivity contribution >= 4 is 23.4 Å². The molecule has 1 saturated heterocycles. The molecule has 1 heterocycles. The molecule has 0 aliphatic carbocycles. The van der Waals surface area contributed by atoms with Crippen molar-refractivity contribution in [3.05, 3.63) is 29.8 Å². The Bertz CT molecular complexity index is 607. The van der Waals surface area contributed by atoms with Crippen LogP contribution in [0, 0.1) is 0 Å². The maximum atomic E-state index is 12.6. The van der Waals surface area contributed by atoms with Crippen LogP contribution in [0.1, 0.15) is 49.9 Å². The van der Waals surface area contributed by atoms with Gasteiger partial charge in [0, 0.05) is 43.7 Å². The van der Waals surface area contributed by atoms with Crippen molar-refractivity contribution in [3.63, 3.8) is 0 Å². The molecule has 1 aliphatic rings. The minimum absolute atomic E-state index is 0.0412. The highest BCUT2D eigenvalue weighted by molar-refractivity contribution is 5.96. The average molecular weight is 331 g/mol. The lowest BCUT2D eigenvalue weighted by molar-refractivity contribution is -0.122. The van der Waals surface area contributed by atoms with Gasteiger partial charge in [0.05, 0.1) is 0 Å². The van der Waals surface area contributed by atoms with Gasteiger partial charge in [-0.25, -0.2) is 0 Å². The summed E-state index contributed by atoms with van der Waals surface area (Å²) in [6.07, 6.45) is 2.93. The van der Waals surface area contributed by atoms with E-state index in [0.29, 0.717) is 30.8 Å². The van der Waals surface area contributed by atoms with E-state index in [1.165, 1.54) is 6.92 Å². The summed E-state index contributed by atoms with van der Waals surface area (Å²) < 4.78 is 0. The van der Waals surface area contributed by atoms with Crippen LogP contribution in [0.4, 0.5) is 5.69 Å². The van der Waals surface area contributed by atoms with Gasteiger partial charge in [0.1, 0.15) is 0 Å². The lowest BCUT2D eigenvalue weighted by Gasteiger charge is -2.32. The topological polar surface area (TPSA) is 78.5 Å². The van der Waals surface area contributed by atoms with Crippen LogP contribution in [0.15, 0.2) is 24.3 Å². The van der Waals surface area contributed by atoms with E-state index in [4.69, 9.17) is 0 Å². The summed E-state index contributed by atoms with van der Waals surface area (Å²) in [5, 5.41) is 5.71. The van der Waals surface area contributed by atoms with Crippen LogP contribution in [0.3, 0.4) is 0 Å². The molecule has 0 spiro atoms. The Hall–Kier alpha value is -2.37. The number of amides is 3. The van der Waals surface area contributed by atoms with Gasteiger partial charge in [-0.05, 0) is 37.5 Å². The van der Waals surface area contributed by atoms with Gasteiger partial charge in [-0.3, -0.25) is 14.4 Å². The highest BCUT2D eigenvalue weighted by Gasteiger charge is 2.24. The molecule has 2 rings (SSSR count). The quantitative estimate of drug-likeness (QED) is 0.868. The van der Waals surface area contributed by atoms with E-state index in [0.717, 1.165) is 19.3 Å². The first kappa shape index (κ1) is 18.0. The van der Waals surface area contributed by atoms with Crippen molar-refractivity contribution in [2.24, 2.45) is 0 Å². The molecule has 0 aromatic heterocycles. The summed E-state index contributed by atoms with van der Waals surface area (Å²) in [5.41, 5.74) is 1.18. The molecule has 0 unspecified atom stereocenters. The smallest absolute Gasteiger partial charge is 0.253 e. The number of likely N-dealkylation sites (tertiary alicyclic amines) is 1. The molecule has 0 saturated carbocycles. The molecule has 2 N–H and O–H groups in total. The predicted molar refractivity (Wildman–Crippen MR) is 92.7 cm³/mol. The first-order valence-electron chi connectivity index (χ1n) is 8.46. The van der Waals surface area contributed by atoms with Crippen molar-refractivity contribution in [3.8, 4) is 0 Å². The van der Waals surface area contributed by atoms with E-state index < -0.39 is 0 Å². The summed E-state index contributed by atoms with van der Waals surface area (Å²) in [7, 11) is 0. The summed E-state index contributed by atoms with van der Waals surface area (Å²) >= 11 is 0. The van der Waals surface area contributed by atoms with Crippen molar-refractivity contribution in [2.45, 2.75) is 45.6 Å². The molecule has 1 fully saturated rings. The van der Waals surface area contributed by atoms with Crippen LogP contribution < -0.4 is 10.6 Å². The summed E-state index contributed by atoms with van der Waals surface area (Å²) in [5.74, 6) is -0.117. The second kappa shape index (κ2) is 8.47. The van der Waals surface area contributed by atoms with Crippen LogP contribution in [0.5, 0.6) is 0 Å². The van der Waals surface area contributed by atoms with E-state index >= 15 is 0 Å². The number of carbonyl (C=O) groups is 3. The SMILES string of the molecule is CCCC(=O)NC1CCN(C(=O)c2cccc(NC(C)=O)c2)CC1. The summed E-state index contributed by atoms with van der Waals surface area (Å²) in [4.78, 5) is 37.2.